The van der Waals surface area contributed by atoms with E-state index in [1.165, 1.54) is 0 Å². The number of hydrogen-bond donors (Lipinski definition) is 1. The van der Waals surface area contributed by atoms with Crippen molar-refractivity contribution in [3.05, 3.63) is 45.5 Å². The fourth-order valence-corrected chi connectivity index (χ4v) is 1.81. The third-order valence-electron chi connectivity index (χ3n) is 1.89. The van der Waals surface area contributed by atoms with E-state index in [9.17, 15) is 0 Å². The van der Waals surface area contributed by atoms with E-state index < -0.39 is 0 Å². The topological polar surface area (TPSA) is 48.1 Å². The van der Waals surface area contributed by atoms with Crippen molar-refractivity contribution in [1.82, 2.24) is 4.98 Å². The minimum atomic E-state index is 0.508. The highest BCUT2D eigenvalue weighted by atomic mass is 79.9. The summed E-state index contributed by atoms with van der Waals surface area (Å²) in [6.07, 6.45) is 1.67. The molecule has 1 aromatic carbocycles. The molecule has 0 bridgehead atoms. The summed E-state index contributed by atoms with van der Waals surface area (Å²) in [4.78, 5) is 4.11. The molecule has 1 heterocycles. The number of pyridine rings is 1. The highest BCUT2D eigenvalue weighted by molar-refractivity contribution is 9.11. The van der Waals surface area contributed by atoms with Crippen LogP contribution in [0, 0.1) is 0 Å². The number of ether oxygens (including phenoxy) is 1. The summed E-state index contributed by atoms with van der Waals surface area (Å²) in [6.45, 7) is 0. The fraction of sp³-hybridized carbons (Fsp3) is 0. The molecule has 0 spiro atoms. The van der Waals surface area contributed by atoms with Crippen LogP contribution in [0.2, 0.25) is 0 Å². The zero-order valence-electron chi connectivity index (χ0n) is 8.15. The molecule has 2 rings (SSSR count). The van der Waals surface area contributed by atoms with Crippen molar-refractivity contribution in [3.8, 4) is 11.6 Å². The first-order chi connectivity index (χ1) is 7.66. The molecular weight excluding hydrogens is 336 g/mol. The summed E-state index contributed by atoms with van der Waals surface area (Å²) in [5.74, 6) is 1.15. The van der Waals surface area contributed by atoms with E-state index in [2.05, 4.69) is 36.8 Å². The SMILES string of the molecule is Nc1ccc(Br)c(Oc2ncccc2Br)c1. The normalized spacial score (nSPS) is 10.1. The van der Waals surface area contributed by atoms with Gasteiger partial charge in [-0.1, -0.05) is 0 Å². The van der Waals surface area contributed by atoms with Crippen LogP contribution in [0.5, 0.6) is 11.6 Å². The van der Waals surface area contributed by atoms with Gasteiger partial charge in [-0.05, 0) is 56.1 Å². The van der Waals surface area contributed by atoms with Crippen LogP contribution in [0.25, 0.3) is 0 Å². The lowest BCUT2D eigenvalue weighted by Gasteiger charge is -2.08. The Morgan fingerprint density at radius 2 is 1.94 bits per heavy atom. The van der Waals surface area contributed by atoms with Crippen molar-refractivity contribution in [2.75, 3.05) is 5.73 Å². The molecule has 0 saturated heterocycles. The molecule has 0 atom stereocenters. The lowest BCUT2D eigenvalue weighted by atomic mass is 10.3. The van der Waals surface area contributed by atoms with E-state index in [-0.39, 0.29) is 0 Å². The average Bonchev–Trinajstić information content (AvgIpc) is 2.27. The molecule has 82 valence electrons. The van der Waals surface area contributed by atoms with Crippen LogP contribution in [0.1, 0.15) is 0 Å². The fourth-order valence-electron chi connectivity index (χ4n) is 1.15. The van der Waals surface area contributed by atoms with Gasteiger partial charge in [-0.2, -0.15) is 0 Å². The van der Waals surface area contributed by atoms with Crippen LogP contribution in [0.3, 0.4) is 0 Å². The first kappa shape index (κ1) is 11.4. The monoisotopic (exact) mass is 342 g/mol. The van der Waals surface area contributed by atoms with Gasteiger partial charge in [0.15, 0.2) is 0 Å². The van der Waals surface area contributed by atoms with E-state index in [1.807, 2.05) is 18.2 Å². The first-order valence-corrected chi connectivity index (χ1v) is 6.09. The van der Waals surface area contributed by atoms with Gasteiger partial charge in [0.05, 0.1) is 8.95 Å². The van der Waals surface area contributed by atoms with Gasteiger partial charge in [-0.15, -0.1) is 0 Å². The minimum absolute atomic E-state index is 0.508. The van der Waals surface area contributed by atoms with E-state index in [0.717, 1.165) is 8.95 Å². The minimum Gasteiger partial charge on any atom is -0.437 e. The van der Waals surface area contributed by atoms with Crippen molar-refractivity contribution < 1.29 is 4.74 Å². The van der Waals surface area contributed by atoms with Gasteiger partial charge in [0.2, 0.25) is 5.88 Å². The number of halogens is 2. The third-order valence-corrected chi connectivity index (χ3v) is 3.15. The summed E-state index contributed by atoms with van der Waals surface area (Å²) in [5.41, 5.74) is 6.33. The number of anilines is 1. The van der Waals surface area contributed by atoms with Crippen molar-refractivity contribution in [2.24, 2.45) is 0 Å². The average molecular weight is 344 g/mol. The number of nitrogens with zero attached hydrogens (tertiary/aromatic N) is 1. The van der Waals surface area contributed by atoms with E-state index >= 15 is 0 Å². The summed E-state index contributed by atoms with van der Waals surface area (Å²) < 4.78 is 7.26. The Morgan fingerprint density at radius 1 is 1.12 bits per heavy atom. The Labute approximate surface area is 110 Å². The maximum Gasteiger partial charge on any atom is 0.233 e. The highest BCUT2D eigenvalue weighted by Crippen LogP contribution is 2.33. The van der Waals surface area contributed by atoms with Crippen LogP contribution < -0.4 is 10.5 Å². The molecule has 0 aliphatic carbocycles. The smallest absolute Gasteiger partial charge is 0.233 e. The number of benzene rings is 1. The Kier molecular flexibility index (Phi) is 3.46. The van der Waals surface area contributed by atoms with Crippen LogP contribution in [0.4, 0.5) is 5.69 Å². The van der Waals surface area contributed by atoms with Crippen LogP contribution in [-0.2, 0) is 0 Å². The summed E-state index contributed by atoms with van der Waals surface area (Å²) in [5, 5.41) is 0. The molecule has 0 fully saturated rings. The second-order valence-electron chi connectivity index (χ2n) is 3.08. The summed E-state index contributed by atoms with van der Waals surface area (Å²) >= 11 is 6.75. The predicted molar refractivity (Wildman–Crippen MR) is 70.6 cm³/mol. The Morgan fingerprint density at radius 3 is 2.69 bits per heavy atom. The largest absolute Gasteiger partial charge is 0.437 e. The van der Waals surface area contributed by atoms with Crippen molar-refractivity contribution >= 4 is 37.5 Å². The molecule has 0 amide bonds. The van der Waals surface area contributed by atoms with Gasteiger partial charge in [0, 0.05) is 18.0 Å². The molecule has 3 nitrogen and oxygen atoms in total. The van der Waals surface area contributed by atoms with E-state index in [1.54, 1.807) is 18.3 Å². The number of aromatic nitrogens is 1. The number of nitrogens with two attached hydrogens (primary N) is 1. The summed E-state index contributed by atoms with van der Waals surface area (Å²) in [6, 6.07) is 9.06. The second kappa shape index (κ2) is 4.84. The van der Waals surface area contributed by atoms with Gasteiger partial charge < -0.3 is 10.5 Å². The Hall–Kier alpha value is -1.07. The number of rotatable bonds is 2. The van der Waals surface area contributed by atoms with Gasteiger partial charge >= 0.3 is 0 Å². The van der Waals surface area contributed by atoms with Crippen LogP contribution in [-0.4, -0.2) is 4.98 Å². The molecular formula is C11H8Br2N2O. The lowest BCUT2D eigenvalue weighted by Crippen LogP contribution is -1.91. The van der Waals surface area contributed by atoms with Gasteiger partial charge in [-0.25, -0.2) is 4.98 Å². The molecule has 0 saturated carbocycles. The molecule has 0 unspecified atom stereocenters. The van der Waals surface area contributed by atoms with Crippen molar-refractivity contribution in [1.29, 1.82) is 0 Å². The van der Waals surface area contributed by atoms with Crippen molar-refractivity contribution in [3.63, 3.8) is 0 Å². The maximum absolute atomic E-state index is 5.69. The molecule has 0 radical (unpaired) electrons. The zero-order valence-corrected chi connectivity index (χ0v) is 11.3. The lowest BCUT2D eigenvalue weighted by molar-refractivity contribution is 0.457. The third kappa shape index (κ3) is 2.54. The molecule has 0 aliphatic rings. The molecule has 2 aromatic rings. The van der Waals surface area contributed by atoms with E-state index in [0.29, 0.717) is 17.3 Å². The summed E-state index contributed by atoms with van der Waals surface area (Å²) in [7, 11) is 0. The van der Waals surface area contributed by atoms with Crippen LogP contribution in [0.15, 0.2) is 45.5 Å². The molecule has 0 aliphatic heterocycles. The molecule has 1 aromatic heterocycles. The predicted octanol–water partition coefficient (Wildman–Crippen LogP) is 3.98. The second-order valence-corrected chi connectivity index (χ2v) is 4.79. The molecule has 5 heteroatoms. The molecule has 16 heavy (non-hydrogen) atoms. The standard InChI is InChI=1S/C11H8Br2N2O/c12-8-4-3-7(14)6-10(8)16-11-9(13)2-1-5-15-11/h1-6H,14H2. The van der Waals surface area contributed by atoms with Crippen LogP contribution >= 0.6 is 31.9 Å². The van der Waals surface area contributed by atoms with E-state index in [4.69, 9.17) is 10.5 Å². The molecule has 2 N–H and O–H groups in total. The number of nitrogen functional groups attached to an aromatic ring is 1. The Balaban J connectivity index is 2.34. The first-order valence-electron chi connectivity index (χ1n) is 4.50. The highest BCUT2D eigenvalue weighted by Gasteiger charge is 2.06. The zero-order chi connectivity index (χ0) is 11.5. The Bertz CT molecular complexity index is 517. The van der Waals surface area contributed by atoms with Gasteiger partial charge in [0.1, 0.15) is 5.75 Å². The quantitative estimate of drug-likeness (QED) is 0.839. The van der Waals surface area contributed by atoms with Gasteiger partial charge in [-0.3, -0.25) is 0 Å². The number of hydrogen-bond acceptors (Lipinski definition) is 3. The van der Waals surface area contributed by atoms with Gasteiger partial charge in [0.25, 0.3) is 0 Å². The maximum atomic E-state index is 5.69. The van der Waals surface area contributed by atoms with Crippen molar-refractivity contribution in [2.45, 2.75) is 0 Å².